The minimum atomic E-state index is -0.526. The molecule has 3 aliphatic heterocycles. The van der Waals surface area contributed by atoms with Gasteiger partial charge >= 0.3 is 0 Å². The molecule has 0 amide bonds. The molecule has 0 saturated carbocycles. The summed E-state index contributed by atoms with van der Waals surface area (Å²) in [7, 11) is 0. The van der Waals surface area contributed by atoms with Crippen LogP contribution in [-0.2, 0) is 5.41 Å². The molecular formula is C123H81N3O7. The zero-order chi connectivity index (χ0) is 88.1. The summed E-state index contributed by atoms with van der Waals surface area (Å²) in [5.74, 6) is 8.29. The van der Waals surface area contributed by atoms with E-state index in [9.17, 15) is 0 Å². The van der Waals surface area contributed by atoms with Gasteiger partial charge in [0.05, 0.1) is 28.2 Å². The Morgan fingerprint density at radius 3 is 0.955 bits per heavy atom. The number of nitrogens with zero attached hydrogens (tertiary/aromatic N) is 3. The molecule has 10 heteroatoms. The van der Waals surface area contributed by atoms with Crippen LogP contribution in [0.15, 0.2) is 496 Å². The highest BCUT2D eigenvalue weighted by atomic mass is 16.6. The van der Waals surface area contributed by atoms with Crippen LogP contribution in [0.4, 0.5) is 51.2 Å². The first kappa shape index (κ1) is 78.6. The van der Waals surface area contributed by atoms with Crippen molar-refractivity contribution in [3.63, 3.8) is 0 Å². The van der Waals surface area contributed by atoms with E-state index in [1.54, 1.807) is 0 Å². The number of anilines is 9. The Bertz CT molecular complexity index is 8100. The summed E-state index contributed by atoms with van der Waals surface area (Å²) in [5, 5.41) is 7.09. The lowest BCUT2D eigenvalue weighted by molar-refractivity contribution is 0.360. The molecule has 0 unspecified atom stereocenters. The van der Waals surface area contributed by atoms with Crippen molar-refractivity contribution in [2.24, 2.45) is 0 Å². The highest BCUT2D eigenvalue weighted by Crippen LogP contribution is 2.61. The van der Waals surface area contributed by atoms with Gasteiger partial charge in [-0.15, -0.1) is 0 Å². The summed E-state index contributed by atoms with van der Waals surface area (Å²) in [6.07, 6.45) is 0. The Morgan fingerprint density at radius 1 is 0.173 bits per heavy atom. The molecule has 4 heterocycles. The number of furan rings is 1. The van der Waals surface area contributed by atoms with E-state index in [4.69, 9.17) is 32.8 Å². The molecule has 0 N–H and O–H groups in total. The third-order valence-electron chi connectivity index (χ3n) is 25.4. The van der Waals surface area contributed by atoms with E-state index in [-0.39, 0.29) is 0 Å². The van der Waals surface area contributed by atoms with Gasteiger partial charge in [-0.25, -0.2) is 0 Å². The summed E-state index contributed by atoms with van der Waals surface area (Å²) in [4.78, 5) is 6.74. The van der Waals surface area contributed by atoms with Crippen molar-refractivity contribution < 1.29 is 32.8 Å². The summed E-state index contributed by atoms with van der Waals surface area (Å²) in [6, 6.07) is 171. The minimum Gasteiger partial charge on any atom is -0.456 e. The van der Waals surface area contributed by atoms with Gasteiger partial charge < -0.3 is 47.5 Å². The molecular weight excluding hydrogens is 1630 g/mol. The van der Waals surface area contributed by atoms with Gasteiger partial charge in [-0.1, -0.05) is 334 Å². The fraction of sp³-hybridized carbons (Fsp3) is 0.00813. The van der Waals surface area contributed by atoms with E-state index in [1.807, 2.05) is 140 Å². The Morgan fingerprint density at radius 2 is 0.489 bits per heavy atom. The summed E-state index contributed by atoms with van der Waals surface area (Å²) < 4.78 is 44.9. The maximum absolute atomic E-state index is 6.68. The zero-order valence-corrected chi connectivity index (χ0v) is 72.0. The largest absolute Gasteiger partial charge is 0.456 e. The Kier molecular flexibility index (Phi) is 19.9. The first-order valence-corrected chi connectivity index (χ1v) is 44.7. The topological polar surface area (TPSA) is 78.2 Å². The second-order valence-electron chi connectivity index (χ2n) is 33.2. The molecule has 21 aromatic carbocycles. The lowest BCUT2D eigenvalue weighted by atomic mass is 9.67. The number of hydrogen-bond donors (Lipinski definition) is 0. The van der Waals surface area contributed by atoms with Crippen LogP contribution >= 0.6 is 0 Å². The van der Waals surface area contributed by atoms with Crippen molar-refractivity contribution in [2.75, 3.05) is 14.7 Å². The predicted molar refractivity (Wildman–Crippen MR) is 539 cm³/mol. The number of ether oxygens (including phenoxy) is 6. The summed E-state index contributed by atoms with van der Waals surface area (Å²) in [6.45, 7) is 0. The fourth-order valence-corrected chi connectivity index (χ4v) is 19.3. The van der Waals surface area contributed by atoms with Crippen LogP contribution in [0, 0.1) is 0 Å². The van der Waals surface area contributed by atoms with E-state index < -0.39 is 5.41 Å². The standard InChI is InChI=1S/C49H33NO2.C38H25NO2.C36H23NO3/c1-4-15-34(16-5-1)35-27-29-38(30-28-35)50(44-23-14-26-47-48(44)52-46-25-13-12-24-45(46)51-47)39-31-32-41-40-21-10-11-22-42(40)49(43(41)33-39,36-17-6-2-7-18-36)37-19-8-3-9-20-37;1-2-9-26(10-3-1)27-19-21-30(22-20-27)39(31-23-24-33-29(25-31)18-17-28-11-4-5-12-32(28)33)34-13-8-16-37-38(34)41-36-15-7-6-14-35(36)40-37;1-2-9-24(10-3-1)25-17-19-26(20-18-25)37(27-21-22-29-28-11-4-5-13-31(28)38-35(29)23-27)30-12-8-16-34-36(30)40-33-15-7-6-14-32(33)39-34/h1-33H;1-25H;1-23H. The van der Waals surface area contributed by atoms with Crippen molar-refractivity contribution >= 4 is 94.7 Å². The molecule has 0 fully saturated rings. The van der Waals surface area contributed by atoms with Gasteiger partial charge in [0.15, 0.2) is 69.0 Å². The van der Waals surface area contributed by atoms with Crippen molar-refractivity contribution in [1.29, 1.82) is 0 Å². The summed E-state index contributed by atoms with van der Waals surface area (Å²) >= 11 is 0. The SMILES string of the molecule is c1ccc(-c2ccc(N(c3ccc4c(c3)C(c3ccccc3)(c3ccccc3)c3ccccc3-4)c3cccc4c3Oc3ccccc3O4)cc2)cc1.c1ccc(-c2ccc(N(c3ccc4c(c3)oc3ccccc34)c3cccc4c3Oc3ccccc3O4)cc2)cc1.c1ccc(-c2ccc(N(c3ccc4c(ccc5ccccc54)c3)c3cccc4c3Oc3ccccc3O4)cc2)cc1. The van der Waals surface area contributed by atoms with Gasteiger partial charge in [0.1, 0.15) is 11.2 Å². The number of hydrogen-bond acceptors (Lipinski definition) is 10. The molecule has 22 aromatic rings. The fourth-order valence-electron chi connectivity index (χ4n) is 19.3. The molecule has 0 radical (unpaired) electrons. The first-order valence-electron chi connectivity index (χ1n) is 44.7. The molecule has 0 atom stereocenters. The maximum atomic E-state index is 6.68. The van der Waals surface area contributed by atoms with Crippen LogP contribution < -0.4 is 43.1 Å². The maximum Gasteiger partial charge on any atom is 0.194 e. The Hall–Kier alpha value is -17.9. The molecule has 10 nitrogen and oxygen atoms in total. The van der Waals surface area contributed by atoms with Gasteiger partial charge in [0, 0.05) is 45.3 Å². The molecule has 133 heavy (non-hydrogen) atoms. The quantitative estimate of drug-likeness (QED) is 0.0983. The van der Waals surface area contributed by atoms with Gasteiger partial charge in [-0.2, -0.15) is 0 Å². The molecule has 26 rings (SSSR count). The average molecular weight is 1710 g/mol. The zero-order valence-electron chi connectivity index (χ0n) is 72.0. The minimum absolute atomic E-state index is 0.526. The van der Waals surface area contributed by atoms with Gasteiger partial charge in [0.25, 0.3) is 0 Å². The molecule has 1 aromatic heterocycles. The monoisotopic (exact) mass is 1710 g/mol. The van der Waals surface area contributed by atoms with Crippen LogP contribution in [0.5, 0.6) is 69.0 Å². The predicted octanol–water partition coefficient (Wildman–Crippen LogP) is 34.7. The molecule has 630 valence electrons. The van der Waals surface area contributed by atoms with Gasteiger partial charge in [-0.05, 0) is 240 Å². The number of rotatable bonds is 14. The van der Waals surface area contributed by atoms with Crippen LogP contribution in [0.2, 0.25) is 0 Å². The van der Waals surface area contributed by atoms with Crippen LogP contribution in [0.3, 0.4) is 0 Å². The van der Waals surface area contributed by atoms with Crippen molar-refractivity contribution in [3.05, 3.63) is 514 Å². The Labute approximate surface area is 769 Å². The Balaban J connectivity index is 0.000000111. The normalized spacial score (nSPS) is 12.3. The van der Waals surface area contributed by atoms with Crippen LogP contribution in [0.1, 0.15) is 22.3 Å². The number of fused-ring (bicyclic) bond motifs is 15. The summed E-state index contributed by atoms with van der Waals surface area (Å²) in [5.41, 5.74) is 24.4. The van der Waals surface area contributed by atoms with Crippen LogP contribution in [-0.4, -0.2) is 0 Å². The molecule has 0 saturated heterocycles. The van der Waals surface area contributed by atoms with E-state index in [0.29, 0.717) is 69.0 Å². The van der Waals surface area contributed by atoms with Crippen molar-refractivity contribution in [3.8, 4) is 114 Å². The van der Waals surface area contributed by atoms with Gasteiger partial charge in [0.2, 0.25) is 0 Å². The third-order valence-corrected chi connectivity index (χ3v) is 25.4. The number of para-hydroxylation sites is 10. The van der Waals surface area contributed by atoms with Crippen molar-refractivity contribution in [1.82, 2.24) is 0 Å². The first-order chi connectivity index (χ1) is 65.9. The molecule has 4 aliphatic rings. The molecule has 0 spiro atoms. The van der Waals surface area contributed by atoms with E-state index >= 15 is 0 Å². The van der Waals surface area contributed by atoms with Crippen molar-refractivity contribution in [2.45, 2.75) is 5.41 Å². The second-order valence-corrected chi connectivity index (χ2v) is 33.2. The van der Waals surface area contributed by atoms with E-state index in [0.717, 1.165) is 84.3 Å². The van der Waals surface area contributed by atoms with Crippen LogP contribution in [0.25, 0.3) is 88.0 Å². The van der Waals surface area contributed by atoms with Gasteiger partial charge in [-0.3, -0.25) is 0 Å². The highest BCUT2D eigenvalue weighted by molar-refractivity contribution is 6.09. The van der Waals surface area contributed by atoms with E-state index in [2.05, 4.69) is 367 Å². The lowest BCUT2D eigenvalue weighted by Gasteiger charge is -2.35. The average Bonchev–Trinajstić information content (AvgIpc) is 1.54. The second kappa shape index (κ2) is 33.7. The molecule has 1 aliphatic carbocycles. The van der Waals surface area contributed by atoms with E-state index in [1.165, 1.54) is 77.2 Å². The molecule has 0 bridgehead atoms. The smallest absolute Gasteiger partial charge is 0.194 e. The number of benzene rings is 21. The lowest BCUT2D eigenvalue weighted by Crippen LogP contribution is -2.28. The highest BCUT2D eigenvalue weighted by Gasteiger charge is 2.47. The third kappa shape index (κ3) is 14.4.